The first-order chi connectivity index (χ1) is 7.22. The van der Waals surface area contributed by atoms with Crippen LogP contribution in [0.3, 0.4) is 0 Å². The van der Waals surface area contributed by atoms with E-state index in [0.717, 1.165) is 31.7 Å². The standard InChI is InChI=1S/C12H22N2O/c1-3-5-11(13)7-8-14(2)10-12-6-4-9-15-12/h4,6,9,11H,3,5,7-8,10,13H2,1-2H3. The first-order valence-corrected chi connectivity index (χ1v) is 5.69. The number of furan rings is 1. The lowest BCUT2D eigenvalue weighted by atomic mass is 10.1. The Hall–Kier alpha value is -0.800. The molecule has 1 rings (SSSR count). The zero-order chi connectivity index (χ0) is 11.1. The maximum Gasteiger partial charge on any atom is 0.117 e. The normalized spacial score (nSPS) is 13.3. The highest BCUT2D eigenvalue weighted by atomic mass is 16.3. The van der Waals surface area contributed by atoms with Gasteiger partial charge in [-0.2, -0.15) is 0 Å². The van der Waals surface area contributed by atoms with Gasteiger partial charge in [-0.05, 0) is 38.6 Å². The Kier molecular flexibility index (Phi) is 5.43. The highest BCUT2D eigenvalue weighted by molar-refractivity contribution is 4.97. The predicted molar refractivity (Wildman–Crippen MR) is 62.5 cm³/mol. The Balaban J connectivity index is 2.16. The Morgan fingerprint density at radius 2 is 2.27 bits per heavy atom. The first kappa shape index (κ1) is 12.3. The van der Waals surface area contributed by atoms with E-state index in [4.69, 9.17) is 10.2 Å². The summed E-state index contributed by atoms with van der Waals surface area (Å²) in [5, 5.41) is 0. The lowest BCUT2D eigenvalue weighted by Crippen LogP contribution is -2.27. The summed E-state index contributed by atoms with van der Waals surface area (Å²) < 4.78 is 5.29. The number of nitrogens with two attached hydrogens (primary N) is 1. The second kappa shape index (κ2) is 6.64. The molecule has 1 aromatic rings. The highest BCUT2D eigenvalue weighted by Crippen LogP contribution is 2.05. The third kappa shape index (κ3) is 5.00. The fourth-order valence-corrected chi connectivity index (χ4v) is 1.65. The second-order valence-electron chi connectivity index (χ2n) is 4.15. The molecule has 0 spiro atoms. The van der Waals surface area contributed by atoms with Crippen LogP contribution >= 0.6 is 0 Å². The molecule has 0 radical (unpaired) electrons. The summed E-state index contributed by atoms with van der Waals surface area (Å²) in [7, 11) is 2.10. The molecular formula is C12H22N2O. The maximum absolute atomic E-state index is 5.96. The van der Waals surface area contributed by atoms with Gasteiger partial charge in [-0.1, -0.05) is 13.3 Å². The van der Waals surface area contributed by atoms with Crippen molar-refractivity contribution in [1.82, 2.24) is 4.90 Å². The lowest BCUT2D eigenvalue weighted by molar-refractivity contribution is 0.281. The van der Waals surface area contributed by atoms with Crippen LogP contribution in [-0.2, 0) is 6.54 Å². The molecule has 86 valence electrons. The van der Waals surface area contributed by atoms with E-state index in [0.29, 0.717) is 6.04 Å². The predicted octanol–water partition coefficient (Wildman–Crippen LogP) is 2.23. The summed E-state index contributed by atoms with van der Waals surface area (Å²) in [6.07, 6.45) is 5.06. The molecule has 0 saturated carbocycles. The molecule has 2 N–H and O–H groups in total. The minimum absolute atomic E-state index is 0.342. The van der Waals surface area contributed by atoms with Gasteiger partial charge in [0.15, 0.2) is 0 Å². The molecular weight excluding hydrogens is 188 g/mol. The van der Waals surface area contributed by atoms with Crippen molar-refractivity contribution in [2.24, 2.45) is 5.73 Å². The lowest BCUT2D eigenvalue weighted by Gasteiger charge is -2.17. The van der Waals surface area contributed by atoms with Gasteiger partial charge in [0.25, 0.3) is 0 Å². The van der Waals surface area contributed by atoms with E-state index in [9.17, 15) is 0 Å². The molecule has 1 atom stereocenters. The molecule has 3 heteroatoms. The monoisotopic (exact) mass is 210 g/mol. The van der Waals surface area contributed by atoms with E-state index in [1.807, 2.05) is 12.1 Å². The van der Waals surface area contributed by atoms with Crippen LogP contribution in [0.15, 0.2) is 22.8 Å². The van der Waals surface area contributed by atoms with Crippen LogP contribution in [0.1, 0.15) is 31.9 Å². The van der Waals surface area contributed by atoms with Crippen LogP contribution < -0.4 is 5.73 Å². The van der Waals surface area contributed by atoms with Gasteiger partial charge in [0.1, 0.15) is 5.76 Å². The van der Waals surface area contributed by atoms with E-state index in [1.54, 1.807) is 6.26 Å². The minimum Gasteiger partial charge on any atom is -0.468 e. The smallest absolute Gasteiger partial charge is 0.117 e. The molecule has 3 nitrogen and oxygen atoms in total. The molecule has 0 aliphatic rings. The van der Waals surface area contributed by atoms with Crippen molar-refractivity contribution in [2.75, 3.05) is 13.6 Å². The van der Waals surface area contributed by atoms with Crippen molar-refractivity contribution in [3.05, 3.63) is 24.2 Å². The van der Waals surface area contributed by atoms with Crippen molar-refractivity contribution < 1.29 is 4.42 Å². The summed E-state index contributed by atoms with van der Waals surface area (Å²) in [6, 6.07) is 4.27. The summed E-state index contributed by atoms with van der Waals surface area (Å²) in [5.41, 5.74) is 5.96. The highest BCUT2D eigenvalue weighted by Gasteiger charge is 2.05. The zero-order valence-electron chi connectivity index (χ0n) is 9.78. The first-order valence-electron chi connectivity index (χ1n) is 5.69. The number of hydrogen-bond donors (Lipinski definition) is 1. The summed E-state index contributed by atoms with van der Waals surface area (Å²) >= 11 is 0. The summed E-state index contributed by atoms with van der Waals surface area (Å²) in [4.78, 5) is 2.24. The van der Waals surface area contributed by atoms with Gasteiger partial charge in [0.2, 0.25) is 0 Å². The molecule has 1 unspecified atom stereocenters. The fraction of sp³-hybridized carbons (Fsp3) is 0.667. The topological polar surface area (TPSA) is 42.4 Å². The fourth-order valence-electron chi connectivity index (χ4n) is 1.65. The van der Waals surface area contributed by atoms with Gasteiger partial charge in [0.05, 0.1) is 12.8 Å². The Morgan fingerprint density at radius 3 is 2.87 bits per heavy atom. The zero-order valence-corrected chi connectivity index (χ0v) is 9.78. The van der Waals surface area contributed by atoms with Gasteiger partial charge in [-0.25, -0.2) is 0 Å². The van der Waals surface area contributed by atoms with Gasteiger partial charge >= 0.3 is 0 Å². The van der Waals surface area contributed by atoms with Crippen molar-refractivity contribution in [3.63, 3.8) is 0 Å². The van der Waals surface area contributed by atoms with E-state index in [1.165, 1.54) is 6.42 Å². The van der Waals surface area contributed by atoms with Crippen LogP contribution in [0.25, 0.3) is 0 Å². The Bertz CT molecular complexity index is 246. The molecule has 0 aromatic carbocycles. The van der Waals surface area contributed by atoms with Crippen molar-refractivity contribution in [2.45, 2.75) is 38.8 Å². The third-order valence-electron chi connectivity index (χ3n) is 2.55. The quantitative estimate of drug-likeness (QED) is 0.750. The van der Waals surface area contributed by atoms with Crippen molar-refractivity contribution in [1.29, 1.82) is 0 Å². The van der Waals surface area contributed by atoms with Crippen LogP contribution in [0.5, 0.6) is 0 Å². The molecule has 1 aromatic heterocycles. The minimum atomic E-state index is 0.342. The largest absolute Gasteiger partial charge is 0.468 e. The molecule has 0 fully saturated rings. The van der Waals surface area contributed by atoms with E-state index in [2.05, 4.69) is 18.9 Å². The van der Waals surface area contributed by atoms with E-state index >= 15 is 0 Å². The molecule has 0 aliphatic carbocycles. The third-order valence-corrected chi connectivity index (χ3v) is 2.55. The van der Waals surface area contributed by atoms with Gasteiger partial charge < -0.3 is 10.2 Å². The van der Waals surface area contributed by atoms with Crippen LogP contribution in [0.2, 0.25) is 0 Å². The molecule has 0 aliphatic heterocycles. The van der Waals surface area contributed by atoms with E-state index < -0.39 is 0 Å². The Labute approximate surface area is 92.2 Å². The Morgan fingerprint density at radius 1 is 1.47 bits per heavy atom. The second-order valence-corrected chi connectivity index (χ2v) is 4.15. The number of hydrogen-bond acceptors (Lipinski definition) is 3. The molecule has 1 heterocycles. The number of nitrogens with zero attached hydrogens (tertiary/aromatic N) is 1. The van der Waals surface area contributed by atoms with Gasteiger partial charge in [-0.3, -0.25) is 4.90 Å². The average molecular weight is 210 g/mol. The SMILES string of the molecule is CCCC(N)CCN(C)Cc1ccco1. The van der Waals surface area contributed by atoms with Crippen LogP contribution in [0, 0.1) is 0 Å². The molecule has 0 bridgehead atoms. The number of rotatable bonds is 7. The maximum atomic E-state index is 5.96. The van der Waals surface area contributed by atoms with Crippen LogP contribution in [-0.4, -0.2) is 24.5 Å². The molecule has 15 heavy (non-hydrogen) atoms. The van der Waals surface area contributed by atoms with Crippen molar-refractivity contribution >= 4 is 0 Å². The summed E-state index contributed by atoms with van der Waals surface area (Å²) in [6.45, 7) is 4.07. The molecule has 0 amide bonds. The van der Waals surface area contributed by atoms with E-state index in [-0.39, 0.29) is 0 Å². The van der Waals surface area contributed by atoms with Crippen LogP contribution in [0.4, 0.5) is 0 Å². The summed E-state index contributed by atoms with van der Waals surface area (Å²) in [5.74, 6) is 1.02. The average Bonchev–Trinajstić information content (AvgIpc) is 2.68. The molecule has 0 saturated heterocycles. The van der Waals surface area contributed by atoms with Gasteiger partial charge in [0, 0.05) is 6.04 Å². The van der Waals surface area contributed by atoms with Crippen molar-refractivity contribution in [3.8, 4) is 0 Å². The van der Waals surface area contributed by atoms with Gasteiger partial charge in [-0.15, -0.1) is 0 Å².